The lowest BCUT2D eigenvalue weighted by Crippen LogP contribution is -2.59. The number of carboxylic acids is 1. The summed E-state index contributed by atoms with van der Waals surface area (Å²) < 4.78 is 21.8. The van der Waals surface area contributed by atoms with Crippen LogP contribution in [0.15, 0.2) is 34.6 Å². The van der Waals surface area contributed by atoms with Crippen LogP contribution in [0, 0.1) is 34.5 Å². The van der Waals surface area contributed by atoms with Gasteiger partial charge in [0.15, 0.2) is 17.3 Å². The van der Waals surface area contributed by atoms with Gasteiger partial charge in [-0.1, -0.05) is 160 Å². The molecule has 2 saturated heterocycles. The smallest absolute Gasteiger partial charge is 0.326 e. The fourth-order valence-electron chi connectivity index (χ4n) is 15.0. The molecule has 4 aliphatic heterocycles. The number of carbonyl (C=O) groups is 8. The molecular formula is C75H114Cl2N10O17. The number of nitrogens with one attached hydrogen (secondary N) is 3. The Balaban J connectivity index is 0.000000255. The first-order valence-electron chi connectivity index (χ1n) is 36.4. The van der Waals surface area contributed by atoms with Crippen molar-refractivity contribution in [3.8, 4) is 23.0 Å². The standard InChI is InChI=1S/C37H54ClN5O8.C30H42ClN3O7.C7H14N2O2.CH4/c1-36(2,3)32(41-30(44)15-21-10-8-6-7-9-11-21)35(48)43-20-37(18-26(42-51-37)23-16-24(38)29(50-5)17-28(23)49-4)19-27(43)34(47)40-25(14-22-12-13-22)31(45)33(39)46;1-29(2,3)26(32-25(35)12-18-10-8-6-7-9-11-18)27(36)34-17-30(16-22(34)28(37)38)15-21(33-41-30)19-13-20(31)24(40-5)14-23(19)39-4;8-5(3-4-1-2-4)6(10)7(9)11;/h16-17,21-22,25,27,31-32,45H,6-15,18-20H2,1-5H3,(H2,39,46)(H,40,47)(H,41,44);13-14,18,22,26H,6-12,15-17H2,1-5H3,(H,32,35)(H,37,38);4-6,10H,1-3,8H2,(H2,9,11);1H4/t25-,27-,31?,32+,37+;22-,26+,30+;;/m00../s1. The van der Waals surface area contributed by atoms with Crippen LogP contribution in [0.2, 0.25) is 10.0 Å². The fraction of sp³-hybridized carbons (Fsp3) is 0.707. The molecular weight excluding hydrogens is 1380 g/mol. The lowest BCUT2D eigenvalue weighted by molar-refractivity contribution is -0.150. The molecule has 10 atom stereocenters. The molecule has 7 amide bonds. The predicted molar refractivity (Wildman–Crippen MR) is 393 cm³/mol. The molecule has 580 valence electrons. The van der Waals surface area contributed by atoms with Gasteiger partial charge in [0.25, 0.3) is 0 Å². The number of carboxylic acid groups (broad SMARTS) is 1. The number of amides is 7. The number of hydrogen-bond acceptors (Lipinski definition) is 19. The molecule has 0 aromatic heterocycles. The summed E-state index contributed by atoms with van der Waals surface area (Å²) in [6.45, 7) is 11.3. The minimum atomic E-state index is -1.59. The number of primary amides is 2. The number of benzene rings is 2. The van der Waals surface area contributed by atoms with Crippen LogP contribution in [-0.4, -0.2) is 185 Å². The first kappa shape index (κ1) is 84.1. The second-order valence-corrected chi connectivity index (χ2v) is 32.6. The first-order valence-corrected chi connectivity index (χ1v) is 37.2. The maximum atomic E-state index is 14.7. The zero-order chi connectivity index (χ0) is 75.5. The third kappa shape index (κ3) is 22.0. The van der Waals surface area contributed by atoms with E-state index in [1.807, 2.05) is 41.5 Å². The molecule has 4 aliphatic carbocycles. The number of aliphatic hydroxyl groups excluding tert-OH is 2. The SMILES string of the molecule is C.COc1cc(OC)c(C2=NO[C@]3(C2)C[C@@H](C(=O)N[C@@H](CC2CC2)C(O)C(N)=O)N(C(=O)[C@@H](NC(=O)CC2CCCCCC2)C(C)(C)C)C3)cc1Cl.COc1cc(OC)c(C2=NO[C@]3(C2)C[C@@H](C(=O)O)N(C(=O)[C@@H](NC(=O)CC2CCCCCC2)C(C)(C)C)C3)cc1Cl.NC(=O)C(O)C(N)CC1CC1. The normalized spacial score (nSPS) is 23.7. The molecule has 2 aromatic carbocycles. The van der Waals surface area contributed by atoms with Crippen molar-refractivity contribution in [2.24, 2.45) is 62.0 Å². The number of ether oxygens (including phenoxy) is 4. The number of hydrogen-bond donors (Lipinski definition) is 9. The Kier molecular flexibility index (Phi) is 29.4. The monoisotopic (exact) mass is 1500 g/mol. The van der Waals surface area contributed by atoms with Crippen LogP contribution < -0.4 is 52.1 Å². The Hall–Kier alpha value is -7.20. The molecule has 6 fully saturated rings. The highest BCUT2D eigenvalue weighted by atomic mass is 35.5. The van der Waals surface area contributed by atoms with E-state index in [1.165, 1.54) is 76.8 Å². The van der Waals surface area contributed by atoms with Crippen molar-refractivity contribution >= 4 is 81.9 Å². The van der Waals surface area contributed by atoms with Crippen molar-refractivity contribution in [2.75, 3.05) is 41.5 Å². The molecule has 27 nitrogen and oxygen atoms in total. The van der Waals surface area contributed by atoms with Crippen molar-refractivity contribution < 1.29 is 82.3 Å². The lowest BCUT2D eigenvalue weighted by atomic mass is 9.85. The van der Waals surface area contributed by atoms with Gasteiger partial charge in [0.05, 0.1) is 69.0 Å². The maximum Gasteiger partial charge on any atom is 0.326 e. The Bertz CT molecular complexity index is 3430. The van der Waals surface area contributed by atoms with Gasteiger partial charge in [-0.15, -0.1) is 0 Å². The Morgan fingerprint density at radius 2 is 0.933 bits per heavy atom. The number of nitrogens with zero attached hydrogens (tertiary/aromatic N) is 4. The Labute approximate surface area is 621 Å². The highest BCUT2D eigenvalue weighted by Crippen LogP contribution is 2.46. The maximum absolute atomic E-state index is 14.7. The van der Waals surface area contributed by atoms with E-state index in [9.17, 15) is 48.6 Å². The van der Waals surface area contributed by atoms with Crippen molar-refractivity contribution in [2.45, 2.75) is 263 Å². The topological polar surface area (TPSA) is 398 Å². The summed E-state index contributed by atoms with van der Waals surface area (Å²) in [4.78, 5) is 119. The molecule has 2 aromatic rings. The van der Waals surface area contributed by atoms with Gasteiger partial charge >= 0.3 is 5.97 Å². The van der Waals surface area contributed by atoms with Crippen molar-refractivity contribution in [3.63, 3.8) is 0 Å². The average molecular weight is 1500 g/mol. The number of aliphatic hydroxyl groups is 2. The summed E-state index contributed by atoms with van der Waals surface area (Å²) in [7, 11) is 6.05. The van der Waals surface area contributed by atoms with E-state index in [0.29, 0.717) is 93.1 Å². The van der Waals surface area contributed by atoms with Crippen LogP contribution in [0.25, 0.3) is 0 Å². The number of nitrogens with two attached hydrogens (primary N) is 3. The van der Waals surface area contributed by atoms with E-state index in [4.69, 9.17) is 74.1 Å². The molecule has 8 aliphatic rings. The Morgan fingerprint density at radius 1 is 0.558 bits per heavy atom. The number of aliphatic carboxylic acids is 1. The number of methoxy groups -OCH3 is 4. The van der Waals surface area contributed by atoms with Crippen LogP contribution in [0.4, 0.5) is 0 Å². The quantitative estimate of drug-likeness (QED) is 0.0422. The molecule has 4 heterocycles. The summed E-state index contributed by atoms with van der Waals surface area (Å²) >= 11 is 12.8. The number of rotatable bonds is 25. The second kappa shape index (κ2) is 36.4. The molecule has 10 rings (SSSR count). The molecule has 29 heteroatoms. The largest absolute Gasteiger partial charge is 0.496 e. The van der Waals surface area contributed by atoms with Gasteiger partial charge < -0.3 is 86.9 Å². The van der Waals surface area contributed by atoms with Crippen LogP contribution in [0.5, 0.6) is 23.0 Å². The van der Waals surface area contributed by atoms with Crippen LogP contribution in [0.3, 0.4) is 0 Å². The summed E-state index contributed by atoms with van der Waals surface area (Å²) in [6.07, 6.45) is 17.0. The van der Waals surface area contributed by atoms with Crippen LogP contribution in [0.1, 0.15) is 214 Å². The summed E-state index contributed by atoms with van der Waals surface area (Å²) in [5.74, 6) is -1.31. The fourth-order valence-corrected chi connectivity index (χ4v) is 15.5. The zero-order valence-electron chi connectivity index (χ0n) is 61.5. The van der Waals surface area contributed by atoms with Gasteiger partial charge in [-0.05, 0) is 85.2 Å². The minimum absolute atomic E-state index is 0. The molecule has 0 radical (unpaired) electrons. The van der Waals surface area contributed by atoms with Crippen molar-refractivity contribution in [1.82, 2.24) is 25.8 Å². The van der Waals surface area contributed by atoms with E-state index in [2.05, 4.69) is 26.3 Å². The third-order valence-electron chi connectivity index (χ3n) is 21.2. The Morgan fingerprint density at radius 3 is 1.29 bits per heavy atom. The summed E-state index contributed by atoms with van der Waals surface area (Å²) in [5, 5.41) is 48.1. The summed E-state index contributed by atoms with van der Waals surface area (Å²) in [5.41, 5.74) is 14.6. The van der Waals surface area contributed by atoms with E-state index < -0.39 is 106 Å². The number of halogens is 2. The zero-order valence-corrected chi connectivity index (χ0v) is 63.0. The lowest BCUT2D eigenvalue weighted by Gasteiger charge is -2.36. The third-order valence-corrected chi connectivity index (χ3v) is 21.8. The molecule has 4 saturated carbocycles. The molecule has 3 unspecified atom stereocenters. The molecule has 104 heavy (non-hydrogen) atoms. The van der Waals surface area contributed by atoms with Crippen molar-refractivity contribution in [1.29, 1.82) is 0 Å². The van der Waals surface area contributed by atoms with E-state index in [1.54, 1.807) is 24.3 Å². The minimum Gasteiger partial charge on any atom is -0.496 e. The predicted octanol–water partition coefficient (Wildman–Crippen LogP) is 8.24. The highest BCUT2D eigenvalue weighted by molar-refractivity contribution is 6.33. The van der Waals surface area contributed by atoms with E-state index >= 15 is 0 Å². The first-order chi connectivity index (χ1) is 48.6. The van der Waals surface area contributed by atoms with Crippen molar-refractivity contribution in [3.05, 3.63) is 45.4 Å². The van der Waals surface area contributed by atoms with Gasteiger partial charge in [-0.3, -0.25) is 33.6 Å². The van der Waals surface area contributed by atoms with Gasteiger partial charge in [0.2, 0.25) is 41.4 Å². The number of carbonyl (C=O) groups excluding carboxylic acids is 7. The van der Waals surface area contributed by atoms with Gasteiger partial charge in [-0.25, -0.2) is 4.79 Å². The van der Waals surface area contributed by atoms with Gasteiger partial charge in [-0.2, -0.15) is 0 Å². The highest BCUT2D eigenvalue weighted by Gasteiger charge is 2.58. The second-order valence-electron chi connectivity index (χ2n) is 31.8. The molecule has 0 bridgehead atoms. The number of oxime groups is 2. The van der Waals surface area contributed by atoms with Crippen LogP contribution in [-0.2, 0) is 48.0 Å². The van der Waals surface area contributed by atoms with Crippen LogP contribution >= 0.6 is 23.2 Å². The van der Waals surface area contributed by atoms with E-state index in [-0.39, 0.29) is 69.8 Å². The average Bonchev–Trinajstić information content (AvgIpc) is 1.60. The van der Waals surface area contributed by atoms with Gasteiger partial charge in [0, 0.05) is 67.8 Å². The molecule has 12 N–H and O–H groups in total. The van der Waals surface area contributed by atoms with E-state index in [0.717, 1.165) is 64.2 Å². The van der Waals surface area contributed by atoms with Gasteiger partial charge in [0.1, 0.15) is 53.3 Å². The summed E-state index contributed by atoms with van der Waals surface area (Å²) in [6, 6.07) is 1.25. The number of likely N-dealkylation sites (tertiary alicyclic amines) is 2. The molecule has 2 spiro atoms.